The van der Waals surface area contributed by atoms with Crippen molar-refractivity contribution in [1.82, 2.24) is 0 Å². The minimum absolute atomic E-state index is 0. The van der Waals surface area contributed by atoms with Crippen LogP contribution in [0.25, 0.3) is 0 Å². The van der Waals surface area contributed by atoms with Gasteiger partial charge in [0.15, 0.2) is 23.0 Å². The third-order valence-electron chi connectivity index (χ3n) is 3.93. The Kier molecular flexibility index (Phi) is 4.58. The Bertz CT molecular complexity index is 789. The smallest absolute Gasteiger partial charge is 0.231 e. The summed E-state index contributed by atoms with van der Waals surface area (Å²) >= 11 is 0. The molecule has 0 amide bonds. The van der Waals surface area contributed by atoms with Crippen LogP contribution in [0.1, 0.15) is 25.0 Å². The standard InChI is InChI=1S/C18H16N2O4.H2O/c1-11(13-3-5-15-17(7-13)23-9-21-15)19-20-12(2)14-4-6-16-18(8-14)24-10-22-16;/h3-8H,9-10H2,1-2H3;1H2/b19-11+,20-12+;. The molecule has 0 spiro atoms. The zero-order valence-electron chi connectivity index (χ0n) is 13.9. The third-order valence-corrected chi connectivity index (χ3v) is 3.93. The lowest BCUT2D eigenvalue weighted by Gasteiger charge is -2.03. The number of fused-ring (bicyclic) bond motifs is 2. The predicted molar refractivity (Wildman–Crippen MR) is 93.2 cm³/mol. The van der Waals surface area contributed by atoms with Crippen molar-refractivity contribution < 1.29 is 24.4 Å². The van der Waals surface area contributed by atoms with Crippen LogP contribution in [0.15, 0.2) is 46.6 Å². The van der Waals surface area contributed by atoms with Crippen molar-refractivity contribution in [3.05, 3.63) is 47.5 Å². The molecule has 2 heterocycles. The second kappa shape index (κ2) is 6.82. The molecule has 2 aromatic carbocycles. The van der Waals surface area contributed by atoms with Gasteiger partial charge < -0.3 is 24.4 Å². The van der Waals surface area contributed by atoms with Crippen molar-refractivity contribution in [3.8, 4) is 23.0 Å². The van der Waals surface area contributed by atoms with Gasteiger partial charge in [0.1, 0.15) is 0 Å². The molecule has 0 saturated heterocycles. The number of nitrogens with zero attached hydrogens (tertiary/aromatic N) is 2. The number of rotatable bonds is 3. The maximum Gasteiger partial charge on any atom is 0.231 e. The van der Waals surface area contributed by atoms with E-state index in [1.54, 1.807) is 0 Å². The molecule has 2 aliphatic rings. The topological polar surface area (TPSA) is 93.1 Å². The van der Waals surface area contributed by atoms with E-state index in [0.717, 1.165) is 45.5 Å². The predicted octanol–water partition coefficient (Wildman–Crippen LogP) is 2.55. The molecule has 2 N–H and O–H groups in total. The van der Waals surface area contributed by atoms with Crippen LogP contribution in [-0.4, -0.2) is 30.5 Å². The fourth-order valence-corrected chi connectivity index (χ4v) is 2.51. The minimum atomic E-state index is 0. The molecule has 0 unspecified atom stereocenters. The number of ether oxygens (including phenoxy) is 4. The van der Waals surface area contributed by atoms with Crippen LogP contribution in [0.5, 0.6) is 23.0 Å². The average Bonchev–Trinajstić information content (AvgIpc) is 3.26. The monoisotopic (exact) mass is 342 g/mol. The van der Waals surface area contributed by atoms with Gasteiger partial charge in [-0.15, -0.1) is 0 Å². The van der Waals surface area contributed by atoms with Crippen LogP contribution >= 0.6 is 0 Å². The molecular weight excluding hydrogens is 324 g/mol. The van der Waals surface area contributed by atoms with E-state index in [0.29, 0.717) is 0 Å². The van der Waals surface area contributed by atoms with Gasteiger partial charge in [0.25, 0.3) is 0 Å². The molecule has 4 rings (SSSR count). The normalized spacial score (nSPS) is 15.1. The van der Waals surface area contributed by atoms with Crippen LogP contribution in [0, 0.1) is 0 Å². The molecule has 25 heavy (non-hydrogen) atoms. The summed E-state index contributed by atoms with van der Waals surface area (Å²) in [6, 6.07) is 11.5. The summed E-state index contributed by atoms with van der Waals surface area (Å²) < 4.78 is 21.4. The van der Waals surface area contributed by atoms with Crippen molar-refractivity contribution in [3.63, 3.8) is 0 Å². The lowest BCUT2D eigenvalue weighted by Crippen LogP contribution is -1.97. The molecule has 0 bridgehead atoms. The quantitative estimate of drug-likeness (QED) is 0.633. The second-order valence-corrected chi connectivity index (χ2v) is 5.51. The first kappa shape index (κ1) is 16.8. The summed E-state index contributed by atoms with van der Waals surface area (Å²) in [5.41, 5.74) is 3.49. The molecule has 2 aliphatic heterocycles. The SMILES string of the molecule is C/C(=N\N=C(/C)c1ccc2c(c1)OCO2)c1ccc2c(c1)OCO2.O. The number of benzene rings is 2. The second-order valence-electron chi connectivity index (χ2n) is 5.51. The lowest BCUT2D eigenvalue weighted by molar-refractivity contribution is 0.173. The maximum atomic E-state index is 5.39. The van der Waals surface area contributed by atoms with E-state index >= 15 is 0 Å². The Morgan fingerprint density at radius 3 is 1.52 bits per heavy atom. The maximum absolute atomic E-state index is 5.39. The molecule has 7 heteroatoms. The van der Waals surface area contributed by atoms with Gasteiger partial charge in [0.05, 0.1) is 11.4 Å². The van der Waals surface area contributed by atoms with Crippen molar-refractivity contribution >= 4 is 11.4 Å². The summed E-state index contributed by atoms with van der Waals surface area (Å²) in [6.45, 7) is 4.34. The van der Waals surface area contributed by atoms with Crippen molar-refractivity contribution in [2.45, 2.75) is 13.8 Å². The van der Waals surface area contributed by atoms with E-state index in [1.165, 1.54) is 0 Å². The highest BCUT2D eigenvalue weighted by molar-refractivity contribution is 6.02. The fraction of sp³-hybridized carbons (Fsp3) is 0.222. The largest absolute Gasteiger partial charge is 0.454 e. The molecule has 0 saturated carbocycles. The van der Waals surface area contributed by atoms with E-state index in [-0.39, 0.29) is 19.1 Å². The first-order valence-corrected chi connectivity index (χ1v) is 7.59. The number of hydrogen-bond donors (Lipinski definition) is 0. The van der Waals surface area contributed by atoms with Crippen LogP contribution in [0.2, 0.25) is 0 Å². The highest BCUT2D eigenvalue weighted by Gasteiger charge is 2.15. The van der Waals surface area contributed by atoms with Gasteiger partial charge in [-0.3, -0.25) is 0 Å². The summed E-state index contributed by atoms with van der Waals surface area (Å²) in [5, 5.41) is 8.65. The molecular formula is C18H18N2O5. The molecule has 130 valence electrons. The molecule has 0 atom stereocenters. The highest BCUT2D eigenvalue weighted by Crippen LogP contribution is 2.33. The zero-order chi connectivity index (χ0) is 16.5. The van der Waals surface area contributed by atoms with Crippen molar-refractivity contribution in [2.75, 3.05) is 13.6 Å². The van der Waals surface area contributed by atoms with E-state index in [1.807, 2.05) is 50.2 Å². The third kappa shape index (κ3) is 3.27. The van der Waals surface area contributed by atoms with Gasteiger partial charge >= 0.3 is 0 Å². The van der Waals surface area contributed by atoms with Gasteiger partial charge in [-0.25, -0.2) is 0 Å². The Morgan fingerprint density at radius 2 is 1.08 bits per heavy atom. The highest BCUT2D eigenvalue weighted by atomic mass is 16.7. The first-order valence-electron chi connectivity index (χ1n) is 7.59. The number of hydrogen-bond acceptors (Lipinski definition) is 6. The van der Waals surface area contributed by atoms with Crippen LogP contribution in [-0.2, 0) is 0 Å². The van der Waals surface area contributed by atoms with E-state index in [4.69, 9.17) is 18.9 Å². The molecule has 7 nitrogen and oxygen atoms in total. The summed E-state index contributed by atoms with van der Waals surface area (Å²) in [6.07, 6.45) is 0. The minimum Gasteiger partial charge on any atom is -0.454 e. The first-order chi connectivity index (χ1) is 11.7. The van der Waals surface area contributed by atoms with Crippen LogP contribution in [0.3, 0.4) is 0 Å². The van der Waals surface area contributed by atoms with Crippen molar-refractivity contribution in [1.29, 1.82) is 0 Å². The molecule has 0 radical (unpaired) electrons. The van der Waals surface area contributed by atoms with Crippen LogP contribution < -0.4 is 18.9 Å². The molecule has 0 aliphatic carbocycles. The summed E-state index contributed by atoms with van der Waals surface area (Å²) in [5.74, 6) is 2.98. The van der Waals surface area contributed by atoms with E-state index in [2.05, 4.69) is 10.2 Å². The van der Waals surface area contributed by atoms with Gasteiger partial charge in [-0.2, -0.15) is 10.2 Å². The van der Waals surface area contributed by atoms with E-state index in [9.17, 15) is 0 Å². The average molecular weight is 342 g/mol. The van der Waals surface area contributed by atoms with Gasteiger partial charge in [-0.05, 0) is 50.2 Å². The van der Waals surface area contributed by atoms with E-state index < -0.39 is 0 Å². The van der Waals surface area contributed by atoms with Gasteiger partial charge in [0.2, 0.25) is 13.6 Å². The van der Waals surface area contributed by atoms with Gasteiger partial charge in [0, 0.05) is 11.1 Å². The Labute approximate surface area is 144 Å². The molecule has 0 aromatic heterocycles. The molecule has 2 aromatic rings. The van der Waals surface area contributed by atoms with Crippen molar-refractivity contribution in [2.24, 2.45) is 10.2 Å². The fourth-order valence-electron chi connectivity index (χ4n) is 2.51. The summed E-state index contributed by atoms with van der Waals surface area (Å²) in [7, 11) is 0. The summed E-state index contributed by atoms with van der Waals surface area (Å²) in [4.78, 5) is 0. The van der Waals surface area contributed by atoms with Crippen LogP contribution in [0.4, 0.5) is 0 Å². The molecule has 0 fully saturated rings. The Morgan fingerprint density at radius 1 is 0.680 bits per heavy atom. The lowest BCUT2D eigenvalue weighted by atomic mass is 10.1. The zero-order valence-corrected chi connectivity index (χ0v) is 13.9. The Hall–Kier alpha value is -3.06. The Balaban J connectivity index is 0.00000182. The van der Waals surface area contributed by atoms with Gasteiger partial charge in [-0.1, -0.05) is 0 Å².